The molecule has 2 rings (SSSR count). The van der Waals surface area contributed by atoms with Gasteiger partial charge in [-0.05, 0) is 92.0 Å². The fraction of sp³-hybridized carbons (Fsp3) is 0.680. The Morgan fingerprint density at radius 2 is 1.53 bits per heavy atom. The number of amides is 2. The summed E-state index contributed by atoms with van der Waals surface area (Å²) in [5, 5.41) is 6.67. The molecule has 2 N–H and O–H groups in total. The first kappa shape index (κ1) is 24.4. The molecule has 5 heteroatoms. The molecule has 0 atom stereocenters. The normalized spacial score (nSPS) is 18.7. The molecule has 168 valence electrons. The Morgan fingerprint density at radius 1 is 1.03 bits per heavy atom. The number of nitrogens with zero attached hydrogens (tertiary/aromatic N) is 1. The van der Waals surface area contributed by atoms with Crippen LogP contribution in [-0.4, -0.2) is 45.9 Å². The SMILES string of the molecule is CCCCN(C(=O)c1ccc(C(=O)NC(C)(C)C)cc1)C1CC(C)(C)NC(C)(C)C1. The molecule has 0 saturated carbocycles. The number of benzene rings is 1. The molecule has 1 aliphatic rings. The third-order valence-electron chi connectivity index (χ3n) is 5.51. The van der Waals surface area contributed by atoms with Gasteiger partial charge in [0.2, 0.25) is 0 Å². The van der Waals surface area contributed by atoms with Gasteiger partial charge in [-0.25, -0.2) is 0 Å². The van der Waals surface area contributed by atoms with Crippen LogP contribution in [0.4, 0.5) is 0 Å². The quantitative estimate of drug-likeness (QED) is 0.704. The van der Waals surface area contributed by atoms with Crippen molar-refractivity contribution in [3.05, 3.63) is 35.4 Å². The van der Waals surface area contributed by atoms with E-state index in [0.717, 1.165) is 32.2 Å². The van der Waals surface area contributed by atoms with E-state index in [-0.39, 0.29) is 34.5 Å². The summed E-state index contributed by atoms with van der Waals surface area (Å²) >= 11 is 0. The number of carbonyl (C=O) groups is 2. The van der Waals surface area contributed by atoms with E-state index in [4.69, 9.17) is 0 Å². The highest BCUT2D eigenvalue weighted by atomic mass is 16.2. The second kappa shape index (κ2) is 9.09. The van der Waals surface area contributed by atoms with Crippen LogP contribution in [0.3, 0.4) is 0 Å². The number of unbranched alkanes of at least 4 members (excludes halogenated alkanes) is 1. The zero-order valence-corrected chi connectivity index (χ0v) is 20.2. The van der Waals surface area contributed by atoms with Crippen molar-refractivity contribution in [3.8, 4) is 0 Å². The first-order valence-electron chi connectivity index (χ1n) is 11.3. The van der Waals surface area contributed by atoms with Crippen molar-refractivity contribution in [1.29, 1.82) is 0 Å². The summed E-state index contributed by atoms with van der Waals surface area (Å²) in [6, 6.07) is 7.27. The third-order valence-corrected chi connectivity index (χ3v) is 5.51. The molecular weight excluding hydrogens is 374 g/mol. The van der Waals surface area contributed by atoms with Crippen LogP contribution < -0.4 is 10.6 Å². The summed E-state index contributed by atoms with van der Waals surface area (Å²) in [5.41, 5.74) is 0.883. The number of hydrogen-bond donors (Lipinski definition) is 2. The van der Waals surface area contributed by atoms with Crippen molar-refractivity contribution in [1.82, 2.24) is 15.5 Å². The Bertz CT molecular complexity index is 729. The van der Waals surface area contributed by atoms with Crippen molar-refractivity contribution in [2.24, 2.45) is 0 Å². The first-order chi connectivity index (χ1) is 13.7. The lowest BCUT2D eigenvalue weighted by atomic mass is 9.78. The molecule has 0 unspecified atom stereocenters. The van der Waals surface area contributed by atoms with Crippen LogP contribution in [-0.2, 0) is 0 Å². The highest BCUT2D eigenvalue weighted by Crippen LogP contribution is 2.32. The number of hydrogen-bond acceptors (Lipinski definition) is 3. The molecule has 1 aromatic rings. The number of piperidine rings is 1. The maximum Gasteiger partial charge on any atom is 0.254 e. The Labute approximate surface area is 183 Å². The Morgan fingerprint density at radius 3 is 2.00 bits per heavy atom. The molecule has 0 spiro atoms. The van der Waals surface area contributed by atoms with Crippen LogP contribution in [0.25, 0.3) is 0 Å². The molecule has 1 saturated heterocycles. The fourth-order valence-corrected chi connectivity index (χ4v) is 4.61. The summed E-state index contributed by atoms with van der Waals surface area (Å²) in [7, 11) is 0. The molecule has 1 heterocycles. The minimum Gasteiger partial charge on any atom is -0.347 e. The molecule has 1 aliphatic heterocycles. The van der Waals surface area contributed by atoms with Gasteiger partial charge < -0.3 is 15.5 Å². The molecule has 2 amide bonds. The second-order valence-electron chi connectivity index (χ2n) is 11.1. The maximum atomic E-state index is 13.5. The molecule has 1 fully saturated rings. The van der Waals surface area contributed by atoms with E-state index >= 15 is 0 Å². The van der Waals surface area contributed by atoms with Crippen LogP contribution in [0.1, 0.15) is 102 Å². The summed E-state index contributed by atoms with van der Waals surface area (Å²) in [6.07, 6.45) is 3.89. The van der Waals surface area contributed by atoms with E-state index in [9.17, 15) is 9.59 Å². The average Bonchev–Trinajstić information content (AvgIpc) is 2.58. The lowest BCUT2D eigenvalue weighted by Gasteiger charge is -2.49. The second-order valence-corrected chi connectivity index (χ2v) is 11.1. The van der Waals surface area contributed by atoms with Gasteiger partial charge in [-0.1, -0.05) is 13.3 Å². The van der Waals surface area contributed by atoms with E-state index in [0.29, 0.717) is 11.1 Å². The Balaban J connectivity index is 2.23. The molecule has 0 aliphatic carbocycles. The fourth-order valence-electron chi connectivity index (χ4n) is 4.61. The lowest BCUT2D eigenvalue weighted by Crippen LogP contribution is -2.62. The highest BCUT2D eigenvalue weighted by molar-refractivity contribution is 5.98. The van der Waals surface area contributed by atoms with Crippen molar-refractivity contribution in [2.45, 2.75) is 104 Å². The van der Waals surface area contributed by atoms with Crippen molar-refractivity contribution < 1.29 is 9.59 Å². The zero-order chi connectivity index (χ0) is 22.7. The standard InChI is InChI=1S/C25H41N3O2/c1-9-10-15-28(20-16-24(5,6)27-25(7,8)17-20)22(30)19-13-11-18(12-14-19)21(29)26-23(2,3)4/h11-14,20,27H,9-10,15-17H2,1-8H3,(H,26,29). The molecule has 1 aromatic carbocycles. The largest absolute Gasteiger partial charge is 0.347 e. The number of rotatable bonds is 6. The van der Waals surface area contributed by atoms with Gasteiger partial charge in [0.05, 0.1) is 0 Å². The van der Waals surface area contributed by atoms with Crippen molar-refractivity contribution in [2.75, 3.05) is 6.54 Å². The number of carbonyl (C=O) groups excluding carboxylic acids is 2. The predicted molar refractivity (Wildman–Crippen MR) is 124 cm³/mol. The Kier molecular flexibility index (Phi) is 7.39. The van der Waals surface area contributed by atoms with Crippen LogP contribution in [0.5, 0.6) is 0 Å². The van der Waals surface area contributed by atoms with E-state index in [1.54, 1.807) is 24.3 Å². The first-order valence-corrected chi connectivity index (χ1v) is 11.3. The smallest absolute Gasteiger partial charge is 0.254 e. The van der Waals surface area contributed by atoms with Crippen molar-refractivity contribution >= 4 is 11.8 Å². The van der Waals surface area contributed by atoms with Gasteiger partial charge in [-0.3, -0.25) is 9.59 Å². The minimum absolute atomic E-state index is 0.0218. The molecule has 0 radical (unpaired) electrons. The summed E-state index contributed by atoms with van der Waals surface area (Å²) < 4.78 is 0. The lowest BCUT2D eigenvalue weighted by molar-refractivity contribution is 0.0441. The molecule has 5 nitrogen and oxygen atoms in total. The number of nitrogens with one attached hydrogen (secondary N) is 2. The average molecular weight is 416 g/mol. The van der Waals surface area contributed by atoms with E-state index in [2.05, 4.69) is 50.2 Å². The maximum absolute atomic E-state index is 13.5. The van der Waals surface area contributed by atoms with Crippen LogP contribution in [0.15, 0.2) is 24.3 Å². The third kappa shape index (κ3) is 6.83. The summed E-state index contributed by atoms with van der Waals surface area (Å²) in [5.74, 6) is -0.0593. The van der Waals surface area contributed by atoms with Gasteiger partial charge in [0.1, 0.15) is 0 Å². The van der Waals surface area contributed by atoms with Crippen LogP contribution in [0, 0.1) is 0 Å². The molecule has 0 aromatic heterocycles. The van der Waals surface area contributed by atoms with Gasteiger partial charge >= 0.3 is 0 Å². The molecular formula is C25H41N3O2. The van der Waals surface area contributed by atoms with E-state index in [1.165, 1.54) is 0 Å². The Hall–Kier alpha value is -1.88. The van der Waals surface area contributed by atoms with Gasteiger partial charge in [0.15, 0.2) is 0 Å². The van der Waals surface area contributed by atoms with E-state index in [1.807, 2.05) is 20.8 Å². The summed E-state index contributed by atoms with van der Waals surface area (Å²) in [6.45, 7) is 17.6. The van der Waals surface area contributed by atoms with Crippen molar-refractivity contribution in [3.63, 3.8) is 0 Å². The topological polar surface area (TPSA) is 61.4 Å². The van der Waals surface area contributed by atoms with Gasteiger partial charge in [-0.2, -0.15) is 0 Å². The minimum atomic E-state index is -0.294. The van der Waals surface area contributed by atoms with Gasteiger partial charge in [0, 0.05) is 40.3 Å². The highest BCUT2D eigenvalue weighted by Gasteiger charge is 2.41. The van der Waals surface area contributed by atoms with Gasteiger partial charge in [0.25, 0.3) is 11.8 Å². The molecule has 30 heavy (non-hydrogen) atoms. The predicted octanol–water partition coefficient (Wildman–Crippen LogP) is 4.77. The van der Waals surface area contributed by atoms with Crippen LogP contribution >= 0.6 is 0 Å². The summed E-state index contributed by atoms with van der Waals surface area (Å²) in [4.78, 5) is 27.9. The zero-order valence-electron chi connectivity index (χ0n) is 20.2. The van der Waals surface area contributed by atoms with Gasteiger partial charge in [-0.15, -0.1) is 0 Å². The monoisotopic (exact) mass is 415 g/mol. The van der Waals surface area contributed by atoms with E-state index < -0.39 is 0 Å². The van der Waals surface area contributed by atoms with Crippen LogP contribution in [0.2, 0.25) is 0 Å². The molecule has 0 bridgehead atoms.